The number of anilines is 1. The topological polar surface area (TPSA) is 46.3 Å². The SMILES string of the molecule is Nc1cc(C(=O)N2CCCC3CCCC32)ccc1F. The van der Waals surface area contributed by atoms with Crippen molar-refractivity contribution in [2.45, 2.75) is 38.1 Å². The molecular weight excluding hydrogens is 243 g/mol. The number of piperidine rings is 1. The fourth-order valence-electron chi connectivity index (χ4n) is 3.55. The van der Waals surface area contributed by atoms with Gasteiger partial charge in [-0.1, -0.05) is 6.42 Å². The minimum absolute atomic E-state index is 0.00306. The molecule has 1 aliphatic heterocycles. The zero-order valence-corrected chi connectivity index (χ0v) is 10.9. The second-order valence-electron chi connectivity index (χ2n) is 5.64. The summed E-state index contributed by atoms with van der Waals surface area (Å²) in [7, 11) is 0. The van der Waals surface area contributed by atoms with E-state index in [-0.39, 0.29) is 11.6 Å². The monoisotopic (exact) mass is 262 g/mol. The van der Waals surface area contributed by atoms with Crippen LogP contribution in [0.15, 0.2) is 18.2 Å². The molecule has 1 saturated heterocycles. The number of amides is 1. The lowest BCUT2D eigenvalue weighted by Gasteiger charge is -2.37. The number of halogens is 1. The molecule has 19 heavy (non-hydrogen) atoms. The summed E-state index contributed by atoms with van der Waals surface area (Å²) in [5.74, 6) is 0.202. The maximum absolute atomic E-state index is 13.2. The minimum Gasteiger partial charge on any atom is -0.396 e. The molecule has 1 aromatic rings. The highest BCUT2D eigenvalue weighted by molar-refractivity contribution is 5.95. The van der Waals surface area contributed by atoms with E-state index in [1.807, 2.05) is 4.90 Å². The first-order valence-electron chi connectivity index (χ1n) is 7.03. The van der Waals surface area contributed by atoms with Crippen LogP contribution in [0.1, 0.15) is 42.5 Å². The summed E-state index contributed by atoms with van der Waals surface area (Å²) >= 11 is 0. The Morgan fingerprint density at radius 1 is 1.26 bits per heavy atom. The van der Waals surface area contributed by atoms with Crippen molar-refractivity contribution in [1.82, 2.24) is 4.90 Å². The number of rotatable bonds is 1. The van der Waals surface area contributed by atoms with E-state index in [9.17, 15) is 9.18 Å². The van der Waals surface area contributed by atoms with Crippen LogP contribution in [-0.2, 0) is 0 Å². The van der Waals surface area contributed by atoms with Crippen LogP contribution in [0.5, 0.6) is 0 Å². The van der Waals surface area contributed by atoms with Gasteiger partial charge in [0, 0.05) is 18.2 Å². The predicted molar refractivity (Wildman–Crippen MR) is 72.2 cm³/mol. The van der Waals surface area contributed by atoms with Gasteiger partial charge in [0.05, 0.1) is 5.69 Å². The van der Waals surface area contributed by atoms with Crippen LogP contribution >= 0.6 is 0 Å². The summed E-state index contributed by atoms with van der Waals surface area (Å²) in [5.41, 5.74) is 6.10. The van der Waals surface area contributed by atoms with Gasteiger partial charge in [-0.2, -0.15) is 0 Å². The van der Waals surface area contributed by atoms with Crippen molar-refractivity contribution in [3.63, 3.8) is 0 Å². The summed E-state index contributed by atoms with van der Waals surface area (Å²) in [5, 5.41) is 0. The zero-order chi connectivity index (χ0) is 13.4. The lowest BCUT2D eigenvalue weighted by molar-refractivity contribution is 0.0548. The molecule has 2 unspecified atom stereocenters. The van der Waals surface area contributed by atoms with Crippen LogP contribution in [0.4, 0.5) is 10.1 Å². The fraction of sp³-hybridized carbons (Fsp3) is 0.533. The Labute approximate surface area is 112 Å². The van der Waals surface area contributed by atoms with Crippen molar-refractivity contribution >= 4 is 11.6 Å². The Hall–Kier alpha value is -1.58. The van der Waals surface area contributed by atoms with Crippen molar-refractivity contribution < 1.29 is 9.18 Å². The van der Waals surface area contributed by atoms with E-state index in [1.54, 1.807) is 0 Å². The van der Waals surface area contributed by atoms with Gasteiger partial charge >= 0.3 is 0 Å². The summed E-state index contributed by atoms with van der Waals surface area (Å²) < 4.78 is 13.2. The molecular formula is C15H19FN2O. The number of carbonyl (C=O) groups excluding carboxylic acids is 1. The molecule has 2 fully saturated rings. The summed E-state index contributed by atoms with van der Waals surface area (Å²) in [6.07, 6.45) is 5.86. The molecule has 1 aliphatic carbocycles. The molecule has 4 heteroatoms. The van der Waals surface area contributed by atoms with Crippen molar-refractivity contribution in [3.05, 3.63) is 29.6 Å². The van der Waals surface area contributed by atoms with Crippen LogP contribution in [-0.4, -0.2) is 23.4 Å². The van der Waals surface area contributed by atoms with E-state index in [4.69, 9.17) is 5.73 Å². The summed E-state index contributed by atoms with van der Waals surface area (Å²) in [6.45, 7) is 0.817. The molecule has 0 spiro atoms. The molecule has 2 aliphatic rings. The summed E-state index contributed by atoms with van der Waals surface area (Å²) in [6, 6.07) is 4.65. The lowest BCUT2D eigenvalue weighted by atomic mass is 9.91. The molecule has 1 saturated carbocycles. The molecule has 102 valence electrons. The van der Waals surface area contributed by atoms with Gasteiger partial charge in [0.1, 0.15) is 5.82 Å². The van der Waals surface area contributed by atoms with Gasteiger partial charge in [-0.15, -0.1) is 0 Å². The number of nitrogens with two attached hydrogens (primary N) is 1. The van der Waals surface area contributed by atoms with E-state index < -0.39 is 5.82 Å². The van der Waals surface area contributed by atoms with Gasteiger partial charge < -0.3 is 10.6 Å². The van der Waals surface area contributed by atoms with E-state index in [0.717, 1.165) is 19.4 Å². The largest absolute Gasteiger partial charge is 0.396 e. The first kappa shape index (κ1) is 12.5. The predicted octanol–water partition coefficient (Wildman–Crippen LogP) is 2.81. The van der Waals surface area contributed by atoms with Gasteiger partial charge in [-0.05, 0) is 49.8 Å². The van der Waals surface area contributed by atoms with Crippen molar-refractivity contribution in [3.8, 4) is 0 Å². The van der Waals surface area contributed by atoms with E-state index >= 15 is 0 Å². The molecule has 0 aromatic heterocycles. The van der Waals surface area contributed by atoms with Gasteiger partial charge in [0.25, 0.3) is 5.91 Å². The average molecular weight is 262 g/mol. The quantitative estimate of drug-likeness (QED) is 0.791. The first-order chi connectivity index (χ1) is 9.16. The molecule has 0 radical (unpaired) electrons. The number of hydrogen-bond acceptors (Lipinski definition) is 2. The van der Waals surface area contributed by atoms with E-state index in [2.05, 4.69) is 0 Å². The molecule has 1 amide bonds. The third-order valence-electron chi connectivity index (χ3n) is 4.50. The van der Waals surface area contributed by atoms with Gasteiger partial charge in [-0.3, -0.25) is 4.79 Å². The molecule has 3 rings (SSSR count). The number of benzene rings is 1. The van der Waals surface area contributed by atoms with Gasteiger partial charge in [0.15, 0.2) is 0 Å². The van der Waals surface area contributed by atoms with Crippen molar-refractivity contribution in [1.29, 1.82) is 0 Å². The molecule has 3 nitrogen and oxygen atoms in total. The maximum Gasteiger partial charge on any atom is 0.254 e. The lowest BCUT2D eigenvalue weighted by Crippen LogP contribution is -2.46. The highest BCUT2D eigenvalue weighted by atomic mass is 19.1. The molecule has 2 N–H and O–H groups in total. The number of carbonyl (C=O) groups is 1. The Kier molecular flexibility index (Phi) is 3.17. The standard InChI is InChI=1S/C15H19FN2O/c16-12-7-6-11(9-13(12)17)15(19)18-8-2-4-10-3-1-5-14(10)18/h6-7,9-10,14H,1-5,8,17H2. The highest BCUT2D eigenvalue weighted by Gasteiger charge is 2.37. The fourth-order valence-corrected chi connectivity index (χ4v) is 3.55. The number of nitrogen functional groups attached to an aromatic ring is 1. The second kappa shape index (κ2) is 4.83. The molecule has 0 bridgehead atoms. The highest BCUT2D eigenvalue weighted by Crippen LogP contribution is 2.37. The molecule has 1 heterocycles. The van der Waals surface area contributed by atoms with Crippen LogP contribution in [0, 0.1) is 11.7 Å². The minimum atomic E-state index is -0.464. The van der Waals surface area contributed by atoms with Gasteiger partial charge in [0.2, 0.25) is 0 Å². The number of hydrogen-bond donors (Lipinski definition) is 1. The number of likely N-dealkylation sites (tertiary alicyclic amines) is 1. The van der Waals surface area contributed by atoms with Crippen LogP contribution in [0.25, 0.3) is 0 Å². The second-order valence-corrected chi connectivity index (χ2v) is 5.64. The third-order valence-corrected chi connectivity index (χ3v) is 4.50. The zero-order valence-electron chi connectivity index (χ0n) is 10.9. The van der Waals surface area contributed by atoms with Crippen LogP contribution in [0.2, 0.25) is 0 Å². The smallest absolute Gasteiger partial charge is 0.254 e. The number of nitrogens with zero attached hydrogens (tertiary/aromatic N) is 1. The van der Waals surface area contributed by atoms with Crippen molar-refractivity contribution in [2.24, 2.45) is 5.92 Å². The average Bonchev–Trinajstić information content (AvgIpc) is 2.89. The normalized spacial score (nSPS) is 26.3. The first-order valence-corrected chi connectivity index (χ1v) is 7.03. The molecule has 1 aromatic carbocycles. The molecule has 2 atom stereocenters. The van der Waals surface area contributed by atoms with E-state index in [1.165, 1.54) is 37.5 Å². The van der Waals surface area contributed by atoms with Gasteiger partial charge in [-0.25, -0.2) is 4.39 Å². The summed E-state index contributed by atoms with van der Waals surface area (Å²) in [4.78, 5) is 14.5. The van der Waals surface area contributed by atoms with Crippen LogP contribution < -0.4 is 5.73 Å². The third kappa shape index (κ3) is 2.20. The van der Waals surface area contributed by atoms with Crippen molar-refractivity contribution in [2.75, 3.05) is 12.3 Å². The number of fused-ring (bicyclic) bond motifs is 1. The Morgan fingerprint density at radius 2 is 2.05 bits per heavy atom. The Morgan fingerprint density at radius 3 is 2.84 bits per heavy atom. The Bertz CT molecular complexity index is 503. The Balaban J connectivity index is 1.84. The van der Waals surface area contributed by atoms with E-state index in [0.29, 0.717) is 17.5 Å². The van der Waals surface area contributed by atoms with Crippen LogP contribution in [0.3, 0.4) is 0 Å². The maximum atomic E-state index is 13.2.